The molecule has 1 unspecified atom stereocenters. The summed E-state index contributed by atoms with van der Waals surface area (Å²) in [5.74, 6) is 0.0117. The molecule has 0 bridgehead atoms. The highest BCUT2D eigenvalue weighted by Gasteiger charge is 2.33. The highest BCUT2D eigenvalue weighted by Crippen LogP contribution is 2.30. The summed E-state index contributed by atoms with van der Waals surface area (Å²) < 4.78 is 37.9. The Balaban J connectivity index is 2.23. The van der Waals surface area contributed by atoms with Crippen molar-refractivity contribution >= 4 is 28.8 Å². The van der Waals surface area contributed by atoms with E-state index in [2.05, 4.69) is 20.3 Å². The molecular weight excluding hydrogens is 313 g/mol. The Kier molecular flexibility index (Phi) is 4.14. The van der Waals surface area contributed by atoms with Crippen LogP contribution in [0, 0.1) is 6.92 Å². The largest absolute Gasteiger partial charge is 0.433 e. The van der Waals surface area contributed by atoms with Crippen molar-refractivity contribution in [2.24, 2.45) is 0 Å². The predicted molar refractivity (Wildman–Crippen MR) is 70.9 cm³/mol. The van der Waals surface area contributed by atoms with E-state index in [0.29, 0.717) is 0 Å². The van der Waals surface area contributed by atoms with Crippen LogP contribution in [0.4, 0.5) is 19.0 Å². The van der Waals surface area contributed by atoms with Crippen LogP contribution in [0.3, 0.4) is 0 Å². The van der Waals surface area contributed by atoms with Crippen LogP contribution in [0.15, 0.2) is 11.4 Å². The Labute approximate surface area is 122 Å². The van der Waals surface area contributed by atoms with Crippen molar-refractivity contribution in [2.45, 2.75) is 26.1 Å². The topological polar surface area (TPSA) is 50.7 Å². The number of alkyl halides is 3. The van der Waals surface area contributed by atoms with Gasteiger partial charge in [0.05, 0.1) is 6.04 Å². The second kappa shape index (κ2) is 5.53. The normalized spacial score (nSPS) is 13.3. The summed E-state index contributed by atoms with van der Waals surface area (Å²) in [7, 11) is 0. The van der Waals surface area contributed by atoms with Crippen LogP contribution in [0.5, 0.6) is 0 Å². The summed E-state index contributed by atoms with van der Waals surface area (Å²) in [6.45, 7) is 3.62. The van der Waals surface area contributed by atoms with Gasteiger partial charge in [0.2, 0.25) is 5.28 Å². The molecular formula is C11H10ClF3N4S. The van der Waals surface area contributed by atoms with Gasteiger partial charge in [0.15, 0.2) is 5.69 Å². The maximum atomic E-state index is 12.6. The lowest BCUT2D eigenvalue weighted by molar-refractivity contribution is -0.141. The molecule has 1 N–H and O–H groups in total. The molecule has 108 valence electrons. The lowest BCUT2D eigenvalue weighted by Gasteiger charge is -2.13. The molecule has 0 aromatic carbocycles. The third kappa shape index (κ3) is 3.57. The van der Waals surface area contributed by atoms with Crippen molar-refractivity contribution in [3.63, 3.8) is 0 Å². The first-order valence-electron chi connectivity index (χ1n) is 5.56. The highest BCUT2D eigenvalue weighted by atomic mass is 35.5. The first-order chi connectivity index (χ1) is 9.25. The summed E-state index contributed by atoms with van der Waals surface area (Å²) in [5.41, 5.74) is -0.224. The van der Waals surface area contributed by atoms with Gasteiger partial charge in [0.1, 0.15) is 10.8 Å². The number of thiazole rings is 1. The van der Waals surface area contributed by atoms with E-state index in [0.717, 1.165) is 16.8 Å². The number of halogens is 4. The van der Waals surface area contributed by atoms with Crippen LogP contribution >= 0.6 is 22.9 Å². The van der Waals surface area contributed by atoms with Crippen molar-refractivity contribution in [3.8, 4) is 0 Å². The number of hydrogen-bond acceptors (Lipinski definition) is 5. The molecule has 0 saturated heterocycles. The van der Waals surface area contributed by atoms with Crippen molar-refractivity contribution < 1.29 is 13.2 Å². The fourth-order valence-corrected chi connectivity index (χ4v) is 2.48. The van der Waals surface area contributed by atoms with Crippen LogP contribution in [-0.4, -0.2) is 15.0 Å². The summed E-state index contributed by atoms with van der Waals surface area (Å²) >= 11 is 6.93. The van der Waals surface area contributed by atoms with Crippen molar-refractivity contribution in [1.82, 2.24) is 15.0 Å². The van der Waals surface area contributed by atoms with Crippen LogP contribution in [0.2, 0.25) is 5.28 Å². The highest BCUT2D eigenvalue weighted by molar-refractivity contribution is 7.09. The molecule has 20 heavy (non-hydrogen) atoms. The molecule has 1 atom stereocenters. The molecule has 0 spiro atoms. The van der Waals surface area contributed by atoms with Crippen LogP contribution in [0.1, 0.15) is 29.4 Å². The quantitative estimate of drug-likeness (QED) is 0.865. The van der Waals surface area contributed by atoms with Gasteiger partial charge in [0, 0.05) is 17.1 Å². The molecule has 0 saturated carbocycles. The molecule has 0 amide bonds. The molecule has 0 radical (unpaired) electrons. The Morgan fingerprint density at radius 1 is 1.30 bits per heavy atom. The van der Waals surface area contributed by atoms with E-state index in [1.165, 1.54) is 11.3 Å². The third-order valence-corrected chi connectivity index (χ3v) is 3.68. The first-order valence-corrected chi connectivity index (χ1v) is 6.82. The summed E-state index contributed by atoms with van der Waals surface area (Å²) in [6.07, 6.45) is -4.57. The molecule has 0 fully saturated rings. The van der Waals surface area contributed by atoms with E-state index >= 15 is 0 Å². The van der Waals surface area contributed by atoms with Gasteiger partial charge >= 0.3 is 6.18 Å². The molecule has 4 nitrogen and oxygen atoms in total. The van der Waals surface area contributed by atoms with Crippen LogP contribution < -0.4 is 5.32 Å². The van der Waals surface area contributed by atoms with E-state index in [-0.39, 0.29) is 11.9 Å². The third-order valence-electron chi connectivity index (χ3n) is 2.36. The van der Waals surface area contributed by atoms with Gasteiger partial charge < -0.3 is 5.32 Å². The molecule has 0 aliphatic carbocycles. The standard InChI is InChI=1S/C11H10ClF3N4S/c1-5-4-20-9(16-5)6(2)17-8-3-7(11(13,14)15)18-10(12)19-8/h3-4,6H,1-2H3,(H,17,18,19). The van der Waals surface area contributed by atoms with Gasteiger partial charge in [-0.3, -0.25) is 0 Å². The number of nitrogens with one attached hydrogen (secondary N) is 1. The molecule has 2 rings (SSSR count). The molecule has 9 heteroatoms. The second-order valence-corrected chi connectivity index (χ2v) is 5.33. The molecule has 0 aliphatic heterocycles. The van der Waals surface area contributed by atoms with Crippen LogP contribution in [0.25, 0.3) is 0 Å². The average Bonchev–Trinajstić information content (AvgIpc) is 2.74. The number of rotatable bonds is 3. The minimum Gasteiger partial charge on any atom is -0.361 e. The first kappa shape index (κ1) is 15.0. The summed E-state index contributed by atoms with van der Waals surface area (Å²) in [6, 6.07) is 0.545. The monoisotopic (exact) mass is 322 g/mol. The minimum absolute atomic E-state index is 0.0117. The van der Waals surface area contributed by atoms with Gasteiger partial charge in [-0.15, -0.1) is 11.3 Å². The molecule has 2 aromatic heterocycles. The van der Waals surface area contributed by atoms with Crippen molar-refractivity contribution in [1.29, 1.82) is 0 Å². The van der Waals surface area contributed by atoms with E-state index in [4.69, 9.17) is 11.6 Å². The number of nitrogens with zero attached hydrogens (tertiary/aromatic N) is 3. The van der Waals surface area contributed by atoms with Gasteiger partial charge in [0.25, 0.3) is 0 Å². The van der Waals surface area contributed by atoms with Gasteiger partial charge in [-0.05, 0) is 25.4 Å². The Bertz CT molecular complexity index is 614. The molecule has 2 aromatic rings. The van der Waals surface area contributed by atoms with E-state index in [9.17, 15) is 13.2 Å². The lowest BCUT2D eigenvalue weighted by Crippen LogP contribution is -2.13. The van der Waals surface area contributed by atoms with Crippen molar-refractivity contribution in [2.75, 3.05) is 5.32 Å². The zero-order chi connectivity index (χ0) is 14.9. The maximum Gasteiger partial charge on any atom is 0.433 e. The van der Waals surface area contributed by atoms with Gasteiger partial charge in [-0.1, -0.05) is 0 Å². The Morgan fingerprint density at radius 3 is 2.55 bits per heavy atom. The van der Waals surface area contributed by atoms with E-state index in [1.807, 2.05) is 12.3 Å². The zero-order valence-corrected chi connectivity index (χ0v) is 12.1. The van der Waals surface area contributed by atoms with Crippen molar-refractivity contribution in [3.05, 3.63) is 33.1 Å². The smallest absolute Gasteiger partial charge is 0.361 e. The second-order valence-electron chi connectivity index (χ2n) is 4.10. The number of anilines is 1. The number of hydrogen-bond donors (Lipinski definition) is 1. The number of aryl methyl sites for hydroxylation is 1. The minimum atomic E-state index is -4.57. The van der Waals surface area contributed by atoms with Crippen LogP contribution in [-0.2, 0) is 6.18 Å². The lowest BCUT2D eigenvalue weighted by atomic mass is 10.3. The van der Waals surface area contributed by atoms with Gasteiger partial charge in [-0.25, -0.2) is 15.0 Å². The summed E-state index contributed by atoms with van der Waals surface area (Å²) in [5, 5.41) is 5.00. The fraction of sp³-hybridized carbons (Fsp3) is 0.364. The maximum absolute atomic E-state index is 12.6. The Morgan fingerprint density at radius 2 is 2.00 bits per heavy atom. The van der Waals surface area contributed by atoms with Gasteiger partial charge in [-0.2, -0.15) is 13.2 Å². The molecule has 2 heterocycles. The molecule has 0 aliphatic rings. The SMILES string of the molecule is Cc1csc(C(C)Nc2cc(C(F)(F)F)nc(Cl)n2)n1. The number of aromatic nitrogens is 3. The average molecular weight is 323 g/mol. The van der Waals surface area contributed by atoms with E-state index in [1.54, 1.807) is 6.92 Å². The predicted octanol–water partition coefficient (Wildman–Crippen LogP) is 4.09. The fourth-order valence-electron chi connectivity index (χ4n) is 1.49. The summed E-state index contributed by atoms with van der Waals surface area (Å²) in [4.78, 5) is 11.2. The Hall–Kier alpha value is -1.41. The van der Waals surface area contributed by atoms with E-state index < -0.39 is 17.2 Å². The zero-order valence-electron chi connectivity index (χ0n) is 10.5.